The van der Waals surface area contributed by atoms with Crippen molar-refractivity contribution in [1.82, 2.24) is 4.72 Å². The van der Waals surface area contributed by atoms with E-state index in [0.29, 0.717) is 16.8 Å². The van der Waals surface area contributed by atoms with E-state index in [2.05, 4.69) is 20.7 Å². The molecular formula is C9H12BrNO3S. The molecule has 0 spiro atoms. The third-order valence-corrected chi connectivity index (χ3v) is 3.93. The first-order valence-corrected chi connectivity index (χ1v) is 6.62. The Kier molecular flexibility index (Phi) is 4.12. The molecule has 0 atom stereocenters. The second kappa shape index (κ2) is 4.96. The SMILES string of the molecule is CCNS(=O)(=O)c1ccc(OC)c(Br)c1. The Hall–Kier alpha value is -0.590. The van der Waals surface area contributed by atoms with Crippen LogP contribution in [0.3, 0.4) is 0 Å². The van der Waals surface area contributed by atoms with E-state index in [9.17, 15) is 8.42 Å². The van der Waals surface area contributed by atoms with Gasteiger partial charge in [0.2, 0.25) is 10.0 Å². The third-order valence-electron chi connectivity index (χ3n) is 1.77. The first-order chi connectivity index (χ1) is 7.01. The maximum atomic E-state index is 11.6. The highest BCUT2D eigenvalue weighted by atomic mass is 79.9. The first-order valence-electron chi connectivity index (χ1n) is 4.34. The van der Waals surface area contributed by atoms with Crippen LogP contribution in [0.4, 0.5) is 0 Å². The Morgan fingerprint density at radius 1 is 1.47 bits per heavy atom. The normalized spacial score (nSPS) is 11.4. The van der Waals surface area contributed by atoms with E-state index in [1.54, 1.807) is 13.0 Å². The fraction of sp³-hybridized carbons (Fsp3) is 0.333. The van der Waals surface area contributed by atoms with E-state index in [-0.39, 0.29) is 4.90 Å². The number of ether oxygens (including phenoxy) is 1. The number of sulfonamides is 1. The highest BCUT2D eigenvalue weighted by molar-refractivity contribution is 9.10. The van der Waals surface area contributed by atoms with Crippen LogP contribution in [0.5, 0.6) is 5.75 Å². The molecule has 0 saturated carbocycles. The van der Waals surface area contributed by atoms with Crippen molar-refractivity contribution in [2.75, 3.05) is 13.7 Å². The molecule has 1 aromatic rings. The van der Waals surface area contributed by atoms with Crippen LogP contribution < -0.4 is 9.46 Å². The van der Waals surface area contributed by atoms with E-state index in [4.69, 9.17) is 4.74 Å². The number of hydrogen-bond donors (Lipinski definition) is 1. The zero-order chi connectivity index (χ0) is 11.5. The van der Waals surface area contributed by atoms with Gasteiger partial charge in [-0.05, 0) is 34.1 Å². The van der Waals surface area contributed by atoms with Crippen LogP contribution in [-0.2, 0) is 10.0 Å². The maximum absolute atomic E-state index is 11.6. The van der Waals surface area contributed by atoms with Gasteiger partial charge < -0.3 is 4.74 Å². The molecule has 0 bridgehead atoms. The van der Waals surface area contributed by atoms with E-state index < -0.39 is 10.0 Å². The van der Waals surface area contributed by atoms with E-state index in [0.717, 1.165) is 0 Å². The summed E-state index contributed by atoms with van der Waals surface area (Å²) < 4.78 is 31.3. The fourth-order valence-electron chi connectivity index (χ4n) is 1.09. The average molecular weight is 294 g/mol. The second-order valence-electron chi connectivity index (χ2n) is 2.80. The van der Waals surface area contributed by atoms with Gasteiger partial charge in [0.25, 0.3) is 0 Å². The van der Waals surface area contributed by atoms with Gasteiger partial charge in [-0.1, -0.05) is 6.92 Å². The van der Waals surface area contributed by atoms with Gasteiger partial charge in [-0.2, -0.15) is 0 Å². The Morgan fingerprint density at radius 3 is 2.60 bits per heavy atom. The summed E-state index contributed by atoms with van der Waals surface area (Å²) in [5.41, 5.74) is 0. The van der Waals surface area contributed by atoms with Crippen molar-refractivity contribution in [3.05, 3.63) is 22.7 Å². The van der Waals surface area contributed by atoms with Crippen LogP contribution in [0.15, 0.2) is 27.6 Å². The Labute approximate surface area is 97.8 Å². The van der Waals surface area contributed by atoms with Crippen molar-refractivity contribution in [3.63, 3.8) is 0 Å². The van der Waals surface area contributed by atoms with E-state index in [1.807, 2.05) is 0 Å². The summed E-state index contributed by atoms with van der Waals surface area (Å²) in [5, 5.41) is 0. The lowest BCUT2D eigenvalue weighted by Gasteiger charge is -2.07. The van der Waals surface area contributed by atoms with Crippen molar-refractivity contribution in [1.29, 1.82) is 0 Å². The van der Waals surface area contributed by atoms with E-state index in [1.165, 1.54) is 19.2 Å². The highest BCUT2D eigenvalue weighted by Crippen LogP contribution is 2.27. The fourth-order valence-corrected chi connectivity index (χ4v) is 2.85. The number of halogens is 1. The molecule has 0 aliphatic carbocycles. The van der Waals surface area contributed by atoms with Crippen molar-refractivity contribution in [2.45, 2.75) is 11.8 Å². The Bertz CT molecular complexity index is 445. The standard InChI is InChI=1S/C9H12BrNO3S/c1-3-11-15(12,13)7-4-5-9(14-2)8(10)6-7/h4-6,11H,3H2,1-2H3. The number of benzene rings is 1. The highest BCUT2D eigenvalue weighted by Gasteiger charge is 2.14. The van der Waals surface area contributed by atoms with Crippen LogP contribution in [0.2, 0.25) is 0 Å². The molecular weight excluding hydrogens is 282 g/mol. The van der Waals surface area contributed by atoms with Crippen molar-refractivity contribution in [2.24, 2.45) is 0 Å². The maximum Gasteiger partial charge on any atom is 0.240 e. The average Bonchev–Trinajstić information content (AvgIpc) is 2.17. The summed E-state index contributed by atoms with van der Waals surface area (Å²) in [6.45, 7) is 2.10. The quantitative estimate of drug-likeness (QED) is 0.920. The zero-order valence-electron chi connectivity index (χ0n) is 8.45. The monoisotopic (exact) mass is 293 g/mol. The van der Waals surface area contributed by atoms with Gasteiger partial charge in [0.15, 0.2) is 0 Å². The number of nitrogens with one attached hydrogen (secondary N) is 1. The summed E-state index contributed by atoms with van der Waals surface area (Å²) in [4.78, 5) is 0.219. The Balaban J connectivity index is 3.13. The molecule has 0 aliphatic rings. The third kappa shape index (κ3) is 2.93. The van der Waals surface area contributed by atoms with Crippen LogP contribution >= 0.6 is 15.9 Å². The molecule has 1 rings (SSSR count). The summed E-state index contributed by atoms with van der Waals surface area (Å²) in [6.07, 6.45) is 0. The molecule has 84 valence electrons. The summed E-state index contributed by atoms with van der Waals surface area (Å²) in [7, 11) is -1.87. The van der Waals surface area contributed by atoms with Gasteiger partial charge in [0, 0.05) is 6.54 Å². The molecule has 0 aliphatic heterocycles. The number of methoxy groups -OCH3 is 1. The van der Waals surface area contributed by atoms with Gasteiger partial charge in [0.1, 0.15) is 5.75 Å². The lowest BCUT2D eigenvalue weighted by molar-refractivity contribution is 0.411. The van der Waals surface area contributed by atoms with Gasteiger partial charge in [-0.15, -0.1) is 0 Å². The molecule has 1 aromatic carbocycles. The lowest BCUT2D eigenvalue weighted by Crippen LogP contribution is -2.23. The largest absolute Gasteiger partial charge is 0.496 e. The minimum absolute atomic E-state index is 0.219. The molecule has 0 aromatic heterocycles. The Morgan fingerprint density at radius 2 is 2.13 bits per heavy atom. The van der Waals surface area contributed by atoms with Crippen molar-refractivity contribution < 1.29 is 13.2 Å². The molecule has 0 radical (unpaired) electrons. The molecule has 1 N–H and O–H groups in total. The van der Waals surface area contributed by atoms with E-state index >= 15 is 0 Å². The summed E-state index contributed by atoms with van der Waals surface area (Å²) in [5.74, 6) is 0.602. The second-order valence-corrected chi connectivity index (χ2v) is 5.42. The molecule has 4 nitrogen and oxygen atoms in total. The van der Waals surface area contributed by atoms with Gasteiger partial charge in [-0.3, -0.25) is 0 Å². The molecule has 0 saturated heterocycles. The zero-order valence-corrected chi connectivity index (χ0v) is 10.9. The van der Waals surface area contributed by atoms with Gasteiger partial charge in [-0.25, -0.2) is 13.1 Å². The van der Waals surface area contributed by atoms with Gasteiger partial charge in [0.05, 0.1) is 16.5 Å². The predicted octanol–water partition coefficient (Wildman–Crippen LogP) is 1.76. The van der Waals surface area contributed by atoms with Crippen LogP contribution in [0, 0.1) is 0 Å². The molecule has 0 heterocycles. The molecule has 6 heteroatoms. The number of hydrogen-bond acceptors (Lipinski definition) is 3. The van der Waals surface area contributed by atoms with Crippen LogP contribution in [0.1, 0.15) is 6.92 Å². The topological polar surface area (TPSA) is 55.4 Å². The summed E-state index contributed by atoms with van der Waals surface area (Å²) >= 11 is 3.23. The van der Waals surface area contributed by atoms with Crippen LogP contribution in [0.25, 0.3) is 0 Å². The molecule has 15 heavy (non-hydrogen) atoms. The number of rotatable bonds is 4. The smallest absolute Gasteiger partial charge is 0.240 e. The van der Waals surface area contributed by atoms with Crippen molar-refractivity contribution in [3.8, 4) is 5.75 Å². The summed E-state index contributed by atoms with van der Waals surface area (Å²) in [6, 6.07) is 4.62. The van der Waals surface area contributed by atoms with Gasteiger partial charge >= 0.3 is 0 Å². The van der Waals surface area contributed by atoms with Crippen LogP contribution in [-0.4, -0.2) is 22.1 Å². The minimum atomic E-state index is -3.39. The first kappa shape index (κ1) is 12.5. The molecule has 0 fully saturated rings. The minimum Gasteiger partial charge on any atom is -0.496 e. The van der Waals surface area contributed by atoms with Crippen molar-refractivity contribution >= 4 is 26.0 Å². The lowest BCUT2D eigenvalue weighted by atomic mass is 10.3. The predicted molar refractivity (Wildman–Crippen MR) is 61.6 cm³/mol. The molecule has 0 unspecified atom stereocenters. The molecule has 0 amide bonds.